The van der Waals surface area contributed by atoms with E-state index in [2.05, 4.69) is 26.3 Å². The van der Waals surface area contributed by atoms with Crippen LogP contribution >= 0.6 is 0 Å². The fourth-order valence-electron chi connectivity index (χ4n) is 3.99. The van der Waals surface area contributed by atoms with Gasteiger partial charge in [-0.2, -0.15) is 0 Å². The second kappa shape index (κ2) is 5.60. The number of hydrogen-bond acceptors (Lipinski definition) is 4. The minimum Gasteiger partial charge on any atom is -0.489 e. The van der Waals surface area contributed by atoms with Crippen LogP contribution in [0.25, 0.3) is 22.3 Å². The van der Waals surface area contributed by atoms with Gasteiger partial charge in [-0.1, -0.05) is 0 Å². The van der Waals surface area contributed by atoms with E-state index in [9.17, 15) is 0 Å². The van der Waals surface area contributed by atoms with Gasteiger partial charge < -0.3 is 15.0 Å². The number of aromatic nitrogens is 3. The normalized spacial score (nSPS) is 25.9. The average molecular weight is 320 g/mol. The quantitative estimate of drug-likeness (QED) is 0.777. The Morgan fingerprint density at radius 2 is 1.88 bits per heavy atom. The Balaban J connectivity index is 1.33. The summed E-state index contributed by atoms with van der Waals surface area (Å²) in [4.78, 5) is 12.1. The minimum atomic E-state index is 0.314. The molecule has 2 aliphatic rings. The lowest BCUT2D eigenvalue weighted by Gasteiger charge is -2.29. The number of H-pyrrole nitrogens is 1. The summed E-state index contributed by atoms with van der Waals surface area (Å²) in [6, 6.07) is 9.44. The van der Waals surface area contributed by atoms with E-state index in [4.69, 9.17) is 4.74 Å². The number of aromatic amines is 1. The maximum Gasteiger partial charge on any atom is 0.138 e. The zero-order chi connectivity index (χ0) is 15.9. The molecule has 2 atom stereocenters. The first kappa shape index (κ1) is 14.0. The number of fused-ring (bicyclic) bond motifs is 3. The summed E-state index contributed by atoms with van der Waals surface area (Å²) in [6.07, 6.45) is 10.7. The minimum absolute atomic E-state index is 0.314. The summed E-state index contributed by atoms with van der Waals surface area (Å²) in [5, 5.41) is 4.74. The molecule has 2 saturated heterocycles. The highest BCUT2D eigenvalue weighted by Crippen LogP contribution is 2.30. The molecule has 122 valence electrons. The van der Waals surface area contributed by atoms with Crippen LogP contribution in [-0.2, 0) is 0 Å². The van der Waals surface area contributed by atoms with Gasteiger partial charge in [0.15, 0.2) is 0 Å². The standard InChI is InChI=1S/C19H20N4O/c1-2-15-9-17(8-14(1)23-15)24-16-3-4-18(21-11-16)13-7-12-5-6-20-19(12)22-10-13/h3-7,10-11,14-15,17,23H,1-2,8-9H2,(H,20,22). The summed E-state index contributed by atoms with van der Waals surface area (Å²) in [6.45, 7) is 0. The number of hydrogen-bond donors (Lipinski definition) is 2. The van der Waals surface area contributed by atoms with E-state index < -0.39 is 0 Å². The van der Waals surface area contributed by atoms with Crippen molar-refractivity contribution in [3.8, 4) is 17.0 Å². The van der Waals surface area contributed by atoms with Gasteiger partial charge in [-0.15, -0.1) is 0 Å². The van der Waals surface area contributed by atoms with E-state index in [0.717, 1.165) is 40.9 Å². The largest absolute Gasteiger partial charge is 0.489 e. The topological polar surface area (TPSA) is 62.8 Å². The molecule has 24 heavy (non-hydrogen) atoms. The Bertz CT molecular complexity index is 845. The Labute approximate surface area is 140 Å². The Morgan fingerprint density at radius 3 is 2.67 bits per heavy atom. The fraction of sp³-hybridized carbons (Fsp3) is 0.368. The first-order valence-corrected chi connectivity index (χ1v) is 8.66. The van der Waals surface area contributed by atoms with E-state index in [1.54, 1.807) is 0 Å². The molecular weight excluding hydrogens is 300 g/mol. The maximum absolute atomic E-state index is 6.16. The molecular formula is C19H20N4O. The Morgan fingerprint density at radius 1 is 1.00 bits per heavy atom. The molecule has 0 aromatic carbocycles. The van der Waals surface area contributed by atoms with Crippen LogP contribution in [0.3, 0.4) is 0 Å². The Kier molecular flexibility index (Phi) is 3.26. The number of nitrogens with one attached hydrogen (secondary N) is 2. The third-order valence-electron chi connectivity index (χ3n) is 5.16. The van der Waals surface area contributed by atoms with Crippen molar-refractivity contribution in [1.82, 2.24) is 20.3 Å². The van der Waals surface area contributed by atoms with Crippen molar-refractivity contribution in [3.63, 3.8) is 0 Å². The van der Waals surface area contributed by atoms with Crippen molar-refractivity contribution in [3.05, 3.63) is 42.9 Å². The lowest BCUT2D eigenvalue weighted by molar-refractivity contribution is 0.137. The first-order chi connectivity index (χ1) is 11.8. The van der Waals surface area contributed by atoms with Crippen LogP contribution in [0.5, 0.6) is 5.75 Å². The van der Waals surface area contributed by atoms with E-state index in [1.165, 1.54) is 12.8 Å². The molecule has 0 spiro atoms. The van der Waals surface area contributed by atoms with Crippen LogP contribution < -0.4 is 10.1 Å². The number of pyridine rings is 2. The molecule has 3 aromatic heterocycles. The molecule has 0 radical (unpaired) electrons. The van der Waals surface area contributed by atoms with Crippen molar-refractivity contribution < 1.29 is 4.74 Å². The van der Waals surface area contributed by atoms with E-state index in [1.807, 2.05) is 36.8 Å². The second-order valence-electron chi connectivity index (χ2n) is 6.87. The molecule has 5 heteroatoms. The van der Waals surface area contributed by atoms with Crippen LogP contribution in [0.4, 0.5) is 0 Å². The van der Waals surface area contributed by atoms with Crippen LogP contribution in [-0.4, -0.2) is 33.1 Å². The summed E-state index contributed by atoms with van der Waals surface area (Å²) in [5.41, 5.74) is 2.84. The van der Waals surface area contributed by atoms with E-state index in [0.29, 0.717) is 18.2 Å². The Hall–Kier alpha value is -2.40. The van der Waals surface area contributed by atoms with Gasteiger partial charge in [0.2, 0.25) is 0 Å². The van der Waals surface area contributed by atoms with Crippen molar-refractivity contribution in [1.29, 1.82) is 0 Å². The molecule has 0 amide bonds. The summed E-state index contributed by atoms with van der Waals surface area (Å²) in [5.74, 6) is 0.862. The van der Waals surface area contributed by atoms with Crippen molar-refractivity contribution in [2.24, 2.45) is 0 Å². The number of piperidine rings is 1. The third-order valence-corrected chi connectivity index (χ3v) is 5.16. The average Bonchev–Trinajstić information content (AvgIpc) is 3.21. The predicted octanol–water partition coefficient (Wildman–Crippen LogP) is 3.29. The van der Waals surface area contributed by atoms with Crippen molar-refractivity contribution in [2.75, 3.05) is 0 Å². The summed E-state index contributed by atoms with van der Waals surface area (Å²) in [7, 11) is 0. The lowest BCUT2D eigenvalue weighted by atomic mass is 10.0. The number of nitrogens with zero attached hydrogens (tertiary/aromatic N) is 2. The summed E-state index contributed by atoms with van der Waals surface area (Å²) < 4.78 is 6.16. The molecule has 2 unspecified atom stereocenters. The van der Waals surface area contributed by atoms with Gasteiger partial charge in [-0.3, -0.25) is 4.98 Å². The fourth-order valence-corrected chi connectivity index (χ4v) is 3.99. The SMILES string of the molecule is c1cc2cc(-c3ccc(OC4CC5CCC(C4)N5)cn3)cnc2[nH]1. The van der Waals surface area contributed by atoms with Gasteiger partial charge in [0.1, 0.15) is 17.5 Å². The first-order valence-electron chi connectivity index (χ1n) is 8.66. The van der Waals surface area contributed by atoms with Crippen LogP contribution in [0.1, 0.15) is 25.7 Å². The molecule has 2 bridgehead atoms. The molecule has 0 saturated carbocycles. The lowest BCUT2D eigenvalue weighted by Crippen LogP contribution is -2.42. The molecule has 2 N–H and O–H groups in total. The molecule has 2 fully saturated rings. The molecule has 2 aliphatic heterocycles. The van der Waals surface area contributed by atoms with Gasteiger partial charge in [0.25, 0.3) is 0 Å². The molecule has 0 aliphatic carbocycles. The third kappa shape index (κ3) is 2.55. The van der Waals surface area contributed by atoms with Gasteiger partial charge in [0, 0.05) is 35.4 Å². The van der Waals surface area contributed by atoms with Crippen LogP contribution in [0.15, 0.2) is 42.9 Å². The zero-order valence-electron chi connectivity index (χ0n) is 13.4. The van der Waals surface area contributed by atoms with Gasteiger partial charge in [0.05, 0.1) is 11.9 Å². The molecule has 5 heterocycles. The molecule has 5 rings (SSSR count). The van der Waals surface area contributed by atoms with Crippen molar-refractivity contribution >= 4 is 11.0 Å². The van der Waals surface area contributed by atoms with Gasteiger partial charge >= 0.3 is 0 Å². The molecule has 3 aromatic rings. The number of ether oxygens (including phenoxy) is 1. The van der Waals surface area contributed by atoms with E-state index in [-0.39, 0.29) is 0 Å². The predicted molar refractivity (Wildman–Crippen MR) is 92.9 cm³/mol. The maximum atomic E-state index is 6.16. The molecule has 5 nitrogen and oxygen atoms in total. The monoisotopic (exact) mass is 320 g/mol. The van der Waals surface area contributed by atoms with E-state index >= 15 is 0 Å². The second-order valence-corrected chi connectivity index (χ2v) is 6.87. The zero-order valence-corrected chi connectivity index (χ0v) is 13.4. The summed E-state index contributed by atoms with van der Waals surface area (Å²) >= 11 is 0. The highest BCUT2D eigenvalue weighted by atomic mass is 16.5. The smallest absolute Gasteiger partial charge is 0.138 e. The van der Waals surface area contributed by atoms with Crippen LogP contribution in [0.2, 0.25) is 0 Å². The highest BCUT2D eigenvalue weighted by molar-refractivity contribution is 5.80. The van der Waals surface area contributed by atoms with Crippen LogP contribution in [0, 0.1) is 0 Å². The van der Waals surface area contributed by atoms with Crippen molar-refractivity contribution in [2.45, 2.75) is 43.9 Å². The highest BCUT2D eigenvalue weighted by Gasteiger charge is 2.34. The van der Waals surface area contributed by atoms with Gasteiger partial charge in [-0.25, -0.2) is 4.98 Å². The number of rotatable bonds is 3. The van der Waals surface area contributed by atoms with Gasteiger partial charge in [-0.05, 0) is 49.9 Å².